The van der Waals surface area contributed by atoms with Gasteiger partial charge in [0, 0.05) is 0 Å². The van der Waals surface area contributed by atoms with Crippen LogP contribution in [0.2, 0.25) is 5.02 Å². The topological polar surface area (TPSA) is 40.5 Å². The highest BCUT2D eigenvalue weighted by Crippen LogP contribution is 2.26. The molecule has 0 amide bonds. The quantitative estimate of drug-likeness (QED) is 0.730. The van der Waals surface area contributed by atoms with Gasteiger partial charge in [0.25, 0.3) is 0 Å². The number of aromatic hydroxyl groups is 1. The third kappa shape index (κ3) is 2.03. The Labute approximate surface area is 80.4 Å². The van der Waals surface area contributed by atoms with E-state index in [-0.39, 0.29) is 16.7 Å². The maximum absolute atomic E-state index is 9.26. The van der Waals surface area contributed by atoms with Crippen LogP contribution in [-0.2, 0) is 0 Å². The molecule has 12 heavy (non-hydrogen) atoms. The molecule has 0 saturated carbocycles. The van der Waals surface area contributed by atoms with Crippen LogP contribution in [0.15, 0.2) is 18.2 Å². The first-order chi connectivity index (χ1) is 5.65. The van der Waals surface area contributed by atoms with E-state index in [1.807, 2.05) is 0 Å². The van der Waals surface area contributed by atoms with E-state index in [0.29, 0.717) is 5.56 Å². The van der Waals surface area contributed by atoms with Gasteiger partial charge in [0.1, 0.15) is 5.75 Å². The van der Waals surface area contributed by atoms with E-state index in [4.69, 9.17) is 28.3 Å². The van der Waals surface area contributed by atoms with Crippen molar-refractivity contribution in [2.24, 2.45) is 0 Å². The van der Waals surface area contributed by atoms with Crippen LogP contribution in [0.1, 0.15) is 11.7 Å². The van der Waals surface area contributed by atoms with Gasteiger partial charge in [0.05, 0.1) is 17.0 Å². The normalized spacial score (nSPS) is 12.9. The summed E-state index contributed by atoms with van der Waals surface area (Å²) in [5, 5.41) is 18.7. The molecule has 2 nitrogen and oxygen atoms in total. The molecule has 66 valence electrons. The summed E-state index contributed by atoms with van der Waals surface area (Å²) >= 11 is 11.0. The van der Waals surface area contributed by atoms with Gasteiger partial charge in [-0.15, -0.1) is 11.6 Å². The third-order valence-corrected chi connectivity index (χ3v) is 2.11. The van der Waals surface area contributed by atoms with Crippen LogP contribution in [0, 0.1) is 0 Å². The second kappa shape index (κ2) is 3.99. The summed E-state index contributed by atoms with van der Waals surface area (Å²) in [4.78, 5) is 0. The van der Waals surface area contributed by atoms with Crippen LogP contribution in [0.3, 0.4) is 0 Å². The fourth-order valence-electron chi connectivity index (χ4n) is 0.826. The van der Waals surface area contributed by atoms with E-state index < -0.39 is 6.10 Å². The van der Waals surface area contributed by atoms with Crippen molar-refractivity contribution in [1.82, 2.24) is 0 Å². The SMILES string of the molecule is Oc1cc(C(O)CCl)ccc1Cl. The van der Waals surface area contributed by atoms with Crippen molar-refractivity contribution in [3.8, 4) is 5.75 Å². The minimum Gasteiger partial charge on any atom is -0.506 e. The Kier molecular flexibility index (Phi) is 3.20. The highest BCUT2D eigenvalue weighted by molar-refractivity contribution is 6.32. The Morgan fingerprint density at radius 1 is 1.42 bits per heavy atom. The Hall–Kier alpha value is -0.440. The molecule has 2 N–H and O–H groups in total. The first-order valence-corrected chi connectivity index (χ1v) is 4.29. The fraction of sp³-hybridized carbons (Fsp3) is 0.250. The predicted octanol–water partition coefficient (Wildman–Crippen LogP) is 2.32. The molecule has 0 radical (unpaired) electrons. The summed E-state index contributed by atoms with van der Waals surface area (Å²) < 4.78 is 0. The lowest BCUT2D eigenvalue weighted by Crippen LogP contribution is -1.97. The summed E-state index contributed by atoms with van der Waals surface area (Å²) in [7, 11) is 0. The molecule has 1 atom stereocenters. The molecule has 0 aromatic heterocycles. The smallest absolute Gasteiger partial charge is 0.134 e. The van der Waals surface area contributed by atoms with Crippen molar-refractivity contribution in [2.45, 2.75) is 6.10 Å². The Morgan fingerprint density at radius 2 is 2.08 bits per heavy atom. The number of rotatable bonds is 2. The Morgan fingerprint density at radius 3 is 2.58 bits per heavy atom. The number of aliphatic hydroxyl groups is 1. The Bertz CT molecular complexity index is 276. The molecule has 0 aliphatic carbocycles. The molecule has 0 aliphatic heterocycles. The van der Waals surface area contributed by atoms with Crippen LogP contribution < -0.4 is 0 Å². The number of phenols is 1. The second-order valence-corrected chi connectivity index (χ2v) is 3.10. The molecule has 0 heterocycles. The molecular formula is C8H8Cl2O2. The van der Waals surface area contributed by atoms with E-state index >= 15 is 0 Å². The first kappa shape index (κ1) is 9.65. The van der Waals surface area contributed by atoms with Gasteiger partial charge in [-0.3, -0.25) is 0 Å². The van der Waals surface area contributed by atoms with Crippen molar-refractivity contribution in [1.29, 1.82) is 0 Å². The summed E-state index contributed by atoms with van der Waals surface area (Å²) in [6, 6.07) is 4.53. The van der Waals surface area contributed by atoms with E-state index in [1.165, 1.54) is 12.1 Å². The van der Waals surface area contributed by atoms with Gasteiger partial charge in [-0.05, 0) is 17.7 Å². The molecule has 1 aromatic carbocycles. The number of hydrogen-bond donors (Lipinski definition) is 2. The molecule has 1 rings (SSSR count). The number of benzene rings is 1. The highest BCUT2D eigenvalue weighted by Gasteiger charge is 2.07. The number of hydrogen-bond acceptors (Lipinski definition) is 2. The van der Waals surface area contributed by atoms with Crippen LogP contribution >= 0.6 is 23.2 Å². The molecule has 1 aromatic rings. The van der Waals surface area contributed by atoms with Gasteiger partial charge >= 0.3 is 0 Å². The van der Waals surface area contributed by atoms with Crippen molar-refractivity contribution in [3.63, 3.8) is 0 Å². The van der Waals surface area contributed by atoms with Gasteiger partial charge in [-0.1, -0.05) is 17.7 Å². The summed E-state index contributed by atoms with van der Waals surface area (Å²) in [6.45, 7) is 0. The average molecular weight is 207 g/mol. The molecule has 0 fully saturated rings. The van der Waals surface area contributed by atoms with Crippen LogP contribution in [0.4, 0.5) is 0 Å². The maximum Gasteiger partial charge on any atom is 0.134 e. The van der Waals surface area contributed by atoms with Gasteiger partial charge in [0.15, 0.2) is 0 Å². The zero-order valence-electron chi connectivity index (χ0n) is 6.17. The average Bonchev–Trinajstić information content (AvgIpc) is 2.08. The van der Waals surface area contributed by atoms with Crippen LogP contribution in [-0.4, -0.2) is 16.1 Å². The number of alkyl halides is 1. The second-order valence-electron chi connectivity index (χ2n) is 2.38. The summed E-state index contributed by atoms with van der Waals surface area (Å²) in [6.07, 6.45) is -0.755. The standard InChI is InChI=1S/C8H8Cl2O2/c9-4-8(12)5-1-2-6(10)7(11)3-5/h1-3,8,11-12H,4H2. The maximum atomic E-state index is 9.26. The first-order valence-electron chi connectivity index (χ1n) is 3.37. The molecule has 1 unspecified atom stereocenters. The zero-order chi connectivity index (χ0) is 9.14. The predicted molar refractivity (Wildman–Crippen MR) is 48.8 cm³/mol. The number of aliphatic hydroxyl groups excluding tert-OH is 1. The largest absolute Gasteiger partial charge is 0.506 e. The van der Waals surface area contributed by atoms with Gasteiger partial charge in [-0.2, -0.15) is 0 Å². The molecule has 4 heteroatoms. The van der Waals surface area contributed by atoms with E-state index in [2.05, 4.69) is 0 Å². The lowest BCUT2D eigenvalue weighted by Gasteiger charge is -2.07. The van der Waals surface area contributed by atoms with Gasteiger partial charge in [-0.25, -0.2) is 0 Å². The van der Waals surface area contributed by atoms with E-state index in [0.717, 1.165) is 0 Å². The zero-order valence-corrected chi connectivity index (χ0v) is 7.68. The summed E-state index contributed by atoms with van der Waals surface area (Å²) in [5.74, 6) is 0.0551. The minimum atomic E-state index is -0.755. The minimum absolute atomic E-state index is 0.0432. The van der Waals surface area contributed by atoms with E-state index in [1.54, 1.807) is 6.07 Å². The number of phenolic OH excluding ortho intramolecular Hbond substituents is 1. The van der Waals surface area contributed by atoms with Crippen molar-refractivity contribution < 1.29 is 10.2 Å². The van der Waals surface area contributed by atoms with Crippen LogP contribution in [0.25, 0.3) is 0 Å². The third-order valence-electron chi connectivity index (χ3n) is 1.50. The van der Waals surface area contributed by atoms with Gasteiger partial charge in [0.2, 0.25) is 0 Å². The van der Waals surface area contributed by atoms with Gasteiger partial charge < -0.3 is 10.2 Å². The van der Waals surface area contributed by atoms with Crippen molar-refractivity contribution in [2.75, 3.05) is 5.88 Å². The molecule has 0 bridgehead atoms. The number of halogens is 2. The molecule has 0 spiro atoms. The lowest BCUT2D eigenvalue weighted by atomic mass is 10.1. The van der Waals surface area contributed by atoms with Crippen molar-refractivity contribution >= 4 is 23.2 Å². The monoisotopic (exact) mass is 206 g/mol. The molecule has 0 saturated heterocycles. The Balaban J connectivity index is 2.96. The highest BCUT2D eigenvalue weighted by atomic mass is 35.5. The lowest BCUT2D eigenvalue weighted by molar-refractivity contribution is 0.202. The van der Waals surface area contributed by atoms with Crippen molar-refractivity contribution in [3.05, 3.63) is 28.8 Å². The molecular weight excluding hydrogens is 199 g/mol. The van der Waals surface area contributed by atoms with Crippen LogP contribution in [0.5, 0.6) is 5.75 Å². The molecule has 0 aliphatic rings. The fourth-order valence-corrected chi connectivity index (χ4v) is 1.12. The van der Waals surface area contributed by atoms with E-state index in [9.17, 15) is 5.11 Å². The summed E-state index contributed by atoms with van der Waals surface area (Å²) in [5.41, 5.74) is 0.562.